The summed E-state index contributed by atoms with van der Waals surface area (Å²) in [5.74, 6) is -0.983. The summed E-state index contributed by atoms with van der Waals surface area (Å²) < 4.78 is 32.0. The van der Waals surface area contributed by atoms with Gasteiger partial charge in [0.1, 0.15) is 4.75 Å². The summed E-state index contributed by atoms with van der Waals surface area (Å²) in [7, 11) is -4.36. The van der Waals surface area contributed by atoms with Crippen LogP contribution in [-0.4, -0.2) is 41.0 Å². The van der Waals surface area contributed by atoms with Crippen LogP contribution >= 0.6 is 0 Å². The number of carbonyl (C=O) groups is 2. The lowest BCUT2D eigenvalue weighted by molar-refractivity contribution is 0.0625. The maximum atomic E-state index is 12.4. The van der Waals surface area contributed by atoms with Gasteiger partial charge in [-0.15, -0.1) is 0 Å². The van der Waals surface area contributed by atoms with Gasteiger partial charge in [0, 0.05) is 0 Å². The van der Waals surface area contributed by atoms with Gasteiger partial charge in [-0.3, -0.25) is 19.0 Å². The largest absolute Gasteiger partial charge is 0.285 e. The number of hydrogen-bond donors (Lipinski definition) is 1. The molecule has 1 N–H and O–H groups in total. The lowest BCUT2D eigenvalue weighted by Crippen LogP contribution is -2.51. The molecule has 1 aromatic carbocycles. The van der Waals surface area contributed by atoms with Crippen molar-refractivity contribution in [3.05, 3.63) is 35.4 Å². The quantitative estimate of drug-likeness (QED) is 0.677. The topological polar surface area (TPSA) is 91.8 Å². The van der Waals surface area contributed by atoms with Crippen LogP contribution in [0.1, 0.15) is 52.8 Å². The van der Waals surface area contributed by atoms with E-state index in [1.165, 1.54) is 0 Å². The Hall–Kier alpha value is -1.73. The van der Waals surface area contributed by atoms with Gasteiger partial charge >= 0.3 is 0 Å². The van der Waals surface area contributed by atoms with E-state index >= 15 is 0 Å². The molecule has 0 saturated heterocycles. The van der Waals surface area contributed by atoms with Crippen molar-refractivity contribution in [2.45, 2.75) is 36.9 Å². The van der Waals surface area contributed by atoms with Gasteiger partial charge < -0.3 is 0 Å². The molecule has 0 bridgehead atoms. The second-order valence-corrected chi connectivity index (χ2v) is 7.78. The molecule has 2 amide bonds. The van der Waals surface area contributed by atoms with Crippen molar-refractivity contribution in [1.29, 1.82) is 0 Å². The number of nitrogens with zero attached hydrogens (tertiary/aromatic N) is 1. The van der Waals surface area contributed by atoms with Gasteiger partial charge in [-0.2, -0.15) is 8.42 Å². The predicted octanol–water partition coefficient (Wildman–Crippen LogP) is 1.87. The summed E-state index contributed by atoms with van der Waals surface area (Å²) >= 11 is 0. The van der Waals surface area contributed by atoms with E-state index in [1.54, 1.807) is 24.3 Å². The zero-order valence-electron chi connectivity index (χ0n) is 12.0. The molecule has 0 aromatic heterocycles. The van der Waals surface area contributed by atoms with Gasteiger partial charge in [-0.1, -0.05) is 31.4 Å². The number of imide groups is 1. The van der Waals surface area contributed by atoms with Crippen LogP contribution in [0.3, 0.4) is 0 Å². The van der Waals surface area contributed by atoms with Crippen LogP contribution in [-0.2, 0) is 10.1 Å². The van der Waals surface area contributed by atoms with E-state index in [2.05, 4.69) is 0 Å². The maximum absolute atomic E-state index is 12.4. The third-order valence-corrected chi connectivity index (χ3v) is 6.27. The number of benzene rings is 1. The molecule has 0 unspecified atom stereocenters. The van der Waals surface area contributed by atoms with Crippen LogP contribution in [0, 0.1) is 0 Å². The summed E-state index contributed by atoms with van der Waals surface area (Å²) in [6.45, 7) is -0.280. The second-order valence-electron chi connectivity index (χ2n) is 5.96. The fourth-order valence-electron chi connectivity index (χ4n) is 3.36. The van der Waals surface area contributed by atoms with E-state index in [-0.39, 0.29) is 30.5 Å². The first kappa shape index (κ1) is 15.2. The van der Waals surface area contributed by atoms with Crippen molar-refractivity contribution >= 4 is 21.9 Å². The van der Waals surface area contributed by atoms with Crippen molar-refractivity contribution in [2.24, 2.45) is 0 Å². The summed E-state index contributed by atoms with van der Waals surface area (Å²) in [6, 6.07) is 6.42. The van der Waals surface area contributed by atoms with Gasteiger partial charge in [-0.05, 0) is 25.0 Å². The van der Waals surface area contributed by atoms with Gasteiger partial charge in [-0.25, -0.2) is 0 Å². The van der Waals surface area contributed by atoms with Crippen molar-refractivity contribution in [3.8, 4) is 0 Å². The highest BCUT2D eigenvalue weighted by molar-refractivity contribution is 7.87. The van der Waals surface area contributed by atoms with Gasteiger partial charge in [0.2, 0.25) is 0 Å². The van der Waals surface area contributed by atoms with E-state index in [4.69, 9.17) is 0 Å². The lowest BCUT2D eigenvalue weighted by atomic mass is 9.88. The first-order chi connectivity index (χ1) is 10.4. The van der Waals surface area contributed by atoms with Crippen molar-refractivity contribution in [2.75, 3.05) is 6.54 Å². The molecule has 2 aliphatic rings. The van der Waals surface area contributed by atoms with Crippen molar-refractivity contribution in [1.82, 2.24) is 4.90 Å². The number of rotatable bonds is 3. The summed E-state index contributed by atoms with van der Waals surface area (Å²) in [6.07, 6.45) is 2.73. The highest BCUT2D eigenvalue weighted by Crippen LogP contribution is 2.37. The van der Waals surface area contributed by atoms with Crippen LogP contribution < -0.4 is 0 Å². The molecule has 0 radical (unpaired) electrons. The van der Waals surface area contributed by atoms with Crippen molar-refractivity contribution < 1.29 is 22.6 Å². The smallest absolute Gasteiger partial charge is 0.272 e. The zero-order valence-corrected chi connectivity index (χ0v) is 12.8. The molecule has 6 nitrogen and oxygen atoms in total. The lowest BCUT2D eigenvalue weighted by Gasteiger charge is -2.36. The summed E-state index contributed by atoms with van der Waals surface area (Å²) in [5.41, 5.74) is 0.572. The molecule has 22 heavy (non-hydrogen) atoms. The number of amides is 2. The van der Waals surface area contributed by atoms with E-state index in [1.807, 2.05) is 0 Å². The van der Waals surface area contributed by atoms with E-state index in [0.29, 0.717) is 12.8 Å². The van der Waals surface area contributed by atoms with Gasteiger partial charge in [0.05, 0.1) is 17.7 Å². The average molecular weight is 323 g/mol. The molecular weight excluding hydrogens is 306 g/mol. The predicted molar refractivity (Wildman–Crippen MR) is 79.2 cm³/mol. The molecule has 1 heterocycles. The monoisotopic (exact) mass is 323 g/mol. The number of fused-ring (bicyclic) bond motifs is 1. The number of carbonyl (C=O) groups excluding carboxylic acids is 2. The molecule has 0 atom stereocenters. The Balaban J connectivity index is 1.96. The Morgan fingerprint density at radius 2 is 1.50 bits per heavy atom. The second kappa shape index (κ2) is 5.17. The third-order valence-electron chi connectivity index (χ3n) is 4.64. The van der Waals surface area contributed by atoms with Crippen LogP contribution in [0.4, 0.5) is 0 Å². The fraction of sp³-hybridized carbons (Fsp3) is 0.467. The molecule has 7 heteroatoms. The molecule has 1 saturated carbocycles. The van der Waals surface area contributed by atoms with Crippen molar-refractivity contribution in [3.63, 3.8) is 0 Å². The summed E-state index contributed by atoms with van der Waals surface area (Å²) in [5, 5.41) is 0. The number of hydrogen-bond acceptors (Lipinski definition) is 4. The molecular formula is C15H17NO5S. The minimum atomic E-state index is -4.36. The summed E-state index contributed by atoms with van der Waals surface area (Å²) in [4.78, 5) is 25.7. The Kier molecular flexibility index (Phi) is 3.57. The molecule has 1 aliphatic heterocycles. The Labute approximate surface area is 128 Å². The molecule has 1 aliphatic carbocycles. The minimum Gasteiger partial charge on any atom is -0.285 e. The highest BCUT2D eigenvalue weighted by Gasteiger charge is 2.49. The molecule has 118 valence electrons. The van der Waals surface area contributed by atoms with E-state index < -0.39 is 26.7 Å². The highest BCUT2D eigenvalue weighted by atomic mass is 32.2. The first-order valence-electron chi connectivity index (χ1n) is 7.28. The zero-order chi connectivity index (χ0) is 16.0. The Bertz CT molecular complexity index is 699. The molecule has 0 spiro atoms. The Morgan fingerprint density at radius 1 is 1.00 bits per heavy atom. The average Bonchev–Trinajstić information content (AvgIpc) is 2.73. The van der Waals surface area contributed by atoms with Gasteiger partial charge in [0.25, 0.3) is 21.9 Å². The van der Waals surface area contributed by atoms with Crippen LogP contribution in [0.5, 0.6) is 0 Å². The van der Waals surface area contributed by atoms with E-state index in [9.17, 15) is 22.6 Å². The molecule has 1 aromatic rings. The normalized spacial score (nSPS) is 21.0. The standard InChI is InChI=1S/C15H17NO5S/c17-13-11-6-2-3-7-12(11)14(18)16(13)10-15(22(19,20)21)8-4-1-5-9-15/h2-3,6-7H,1,4-5,8-10H2,(H,19,20,21). The molecule has 3 rings (SSSR count). The Morgan fingerprint density at radius 3 is 1.95 bits per heavy atom. The van der Waals surface area contributed by atoms with Crippen LogP contribution in [0.25, 0.3) is 0 Å². The molecule has 1 fully saturated rings. The maximum Gasteiger partial charge on any atom is 0.272 e. The minimum absolute atomic E-state index is 0.263. The van der Waals surface area contributed by atoms with Crippen LogP contribution in [0.15, 0.2) is 24.3 Å². The first-order valence-corrected chi connectivity index (χ1v) is 8.72. The van der Waals surface area contributed by atoms with E-state index in [0.717, 1.165) is 11.3 Å². The third kappa shape index (κ3) is 2.24. The fourth-order valence-corrected chi connectivity index (χ4v) is 4.46. The SMILES string of the molecule is O=C1c2ccccc2C(=O)N1CC1(S(=O)(=O)O)CCCCC1. The van der Waals surface area contributed by atoms with Crippen LogP contribution in [0.2, 0.25) is 0 Å². The van der Waals surface area contributed by atoms with Gasteiger partial charge in [0.15, 0.2) is 0 Å².